The van der Waals surface area contributed by atoms with Crippen LogP contribution in [0.5, 0.6) is 0 Å². The summed E-state index contributed by atoms with van der Waals surface area (Å²) in [6.45, 7) is 3.72. The zero-order valence-electron chi connectivity index (χ0n) is 13.0. The summed E-state index contributed by atoms with van der Waals surface area (Å²) in [6.07, 6.45) is 7.68. The molecule has 120 valence electrons. The predicted octanol–water partition coefficient (Wildman–Crippen LogP) is 1.87. The lowest BCUT2D eigenvalue weighted by Gasteiger charge is -2.32. The summed E-state index contributed by atoms with van der Waals surface area (Å²) in [4.78, 5) is 24.9. The fraction of sp³-hybridized carbons (Fsp3) is 0.875. The van der Waals surface area contributed by atoms with E-state index in [-0.39, 0.29) is 11.8 Å². The number of amides is 1. The fourth-order valence-electron chi connectivity index (χ4n) is 3.54. The van der Waals surface area contributed by atoms with Gasteiger partial charge in [0.15, 0.2) is 0 Å². The summed E-state index contributed by atoms with van der Waals surface area (Å²) >= 11 is 0. The molecule has 2 rings (SSSR count). The van der Waals surface area contributed by atoms with Crippen molar-refractivity contribution < 1.29 is 14.7 Å². The molecular formula is C16H28N2O3. The number of carboxylic acids is 1. The van der Waals surface area contributed by atoms with Gasteiger partial charge in [-0.25, -0.2) is 0 Å². The zero-order valence-corrected chi connectivity index (χ0v) is 13.0. The van der Waals surface area contributed by atoms with Gasteiger partial charge in [-0.2, -0.15) is 0 Å². The van der Waals surface area contributed by atoms with Crippen molar-refractivity contribution in [2.75, 3.05) is 19.6 Å². The molecule has 2 N–H and O–H groups in total. The van der Waals surface area contributed by atoms with Gasteiger partial charge in [-0.3, -0.25) is 9.59 Å². The second-order valence-corrected chi connectivity index (χ2v) is 6.56. The molecule has 2 fully saturated rings. The average molecular weight is 296 g/mol. The van der Waals surface area contributed by atoms with Crippen LogP contribution in [0, 0.1) is 11.8 Å². The predicted molar refractivity (Wildman–Crippen MR) is 81.0 cm³/mol. The number of nitrogens with zero attached hydrogens (tertiary/aromatic N) is 1. The quantitative estimate of drug-likeness (QED) is 0.812. The molecule has 0 radical (unpaired) electrons. The molecule has 21 heavy (non-hydrogen) atoms. The summed E-state index contributed by atoms with van der Waals surface area (Å²) in [5.74, 6) is -0.194. The van der Waals surface area contributed by atoms with E-state index in [0.717, 1.165) is 0 Å². The monoisotopic (exact) mass is 296 g/mol. The van der Waals surface area contributed by atoms with Gasteiger partial charge >= 0.3 is 5.97 Å². The van der Waals surface area contributed by atoms with Crippen LogP contribution in [0.15, 0.2) is 0 Å². The molecule has 0 aromatic heterocycles. The molecule has 0 unspecified atom stereocenters. The highest BCUT2D eigenvalue weighted by Gasteiger charge is 2.27. The summed E-state index contributed by atoms with van der Waals surface area (Å²) in [7, 11) is 0. The van der Waals surface area contributed by atoms with Crippen molar-refractivity contribution in [3.8, 4) is 0 Å². The smallest absolute Gasteiger partial charge is 0.306 e. The number of aliphatic carboxylic acids is 1. The Balaban J connectivity index is 1.68. The van der Waals surface area contributed by atoms with Crippen LogP contribution in [-0.4, -0.2) is 47.6 Å². The van der Waals surface area contributed by atoms with Crippen LogP contribution in [0.1, 0.15) is 51.9 Å². The normalized spacial score (nSPS) is 23.0. The number of likely N-dealkylation sites (tertiary alicyclic amines) is 1. The lowest BCUT2D eigenvalue weighted by molar-refractivity contribution is -0.145. The fourth-order valence-corrected chi connectivity index (χ4v) is 3.54. The van der Waals surface area contributed by atoms with Crippen LogP contribution in [0.25, 0.3) is 0 Å². The summed E-state index contributed by atoms with van der Waals surface area (Å²) in [5.41, 5.74) is 0. The second kappa shape index (κ2) is 7.78. The van der Waals surface area contributed by atoms with Gasteiger partial charge in [0.05, 0.1) is 12.5 Å². The zero-order chi connectivity index (χ0) is 15.2. The molecule has 1 amide bonds. The number of hydrogen-bond donors (Lipinski definition) is 2. The molecule has 1 saturated heterocycles. The Morgan fingerprint density at radius 2 is 1.76 bits per heavy atom. The van der Waals surface area contributed by atoms with Gasteiger partial charge in [0, 0.05) is 19.1 Å². The van der Waals surface area contributed by atoms with Crippen molar-refractivity contribution in [1.82, 2.24) is 10.2 Å². The Morgan fingerprint density at radius 3 is 2.33 bits per heavy atom. The largest absolute Gasteiger partial charge is 0.481 e. The first-order chi connectivity index (χ1) is 10.1. The van der Waals surface area contributed by atoms with Crippen molar-refractivity contribution >= 4 is 11.9 Å². The molecule has 1 saturated carbocycles. The molecule has 5 nitrogen and oxygen atoms in total. The Morgan fingerprint density at radius 1 is 1.14 bits per heavy atom. The van der Waals surface area contributed by atoms with Crippen molar-refractivity contribution in [3.05, 3.63) is 0 Å². The number of carbonyl (C=O) groups is 2. The molecule has 0 spiro atoms. The van der Waals surface area contributed by atoms with E-state index < -0.39 is 5.97 Å². The SMILES string of the molecule is C[C@H](NCC(=O)N1CCC(C(=O)O)CC1)C1CCCCC1. The van der Waals surface area contributed by atoms with Gasteiger partial charge in [0.25, 0.3) is 0 Å². The van der Waals surface area contributed by atoms with Gasteiger partial charge in [-0.05, 0) is 38.5 Å². The van der Waals surface area contributed by atoms with Crippen LogP contribution in [0.3, 0.4) is 0 Å². The lowest BCUT2D eigenvalue weighted by Crippen LogP contribution is -2.46. The van der Waals surface area contributed by atoms with E-state index in [1.54, 1.807) is 4.90 Å². The van der Waals surface area contributed by atoms with E-state index in [9.17, 15) is 9.59 Å². The van der Waals surface area contributed by atoms with Gasteiger partial charge in [0.1, 0.15) is 0 Å². The van der Waals surface area contributed by atoms with Crippen LogP contribution in [-0.2, 0) is 9.59 Å². The van der Waals surface area contributed by atoms with E-state index in [1.807, 2.05) is 0 Å². The van der Waals surface area contributed by atoms with E-state index >= 15 is 0 Å². The number of piperidine rings is 1. The topological polar surface area (TPSA) is 69.6 Å². The van der Waals surface area contributed by atoms with E-state index in [0.29, 0.717) is 44.4 Å². The number of carboxylic acid groups (broad SMARTS) is 1. The number of hydrogen-bond acceptors (Lipinski definition) is 3. The lowest BCUT2D eigenvalue weighted by atomic mass is 9.84. The third kappa shape index (κ3) is 4.70. The third-order valence-corrected chi connectivity index (χ3v) is 5.13. The van der Waals surface area contributed by atoms with Crippen LogP contribution >= 0.6 is 0 Å². The Bertz CT molecular complexity index is 359. The minimum absolute atomic E-state index is 0.112. The van der Waals surface area contributed by atoms with E-state index in [4.69, 9.17) is 5.11 Å². The van der Waals surface area contributed by atoms with Crippen molar-refractivity contribution in [2.24, 2.45) is 11.8 Å². The summed E-state index contributed by atoms with van der Waals surface area (Å²) < 4.78 is 0. The third-order valence-electron chi connectivity index (χ3n) is 5.13. The van der Waals surface area contributed by atoms with Gasteiger partial charge in [-0.15, -0.1) is 0 Å². The Labute approximate surface area is 127 Å². The van der Waals surface area contributed by atoms with Gasteiger partial charge < -0.3 is 15.3 Å². The van der Waals surface area contributed by atoms with Gasteiger partial charge in [0.2, 0.25) is 5.91 Å². The van der Waals surface area contributed by atoms with Crippen LogP contribution in [0.4, 0.5) is 0 Å². The molecule has 0 bridgehead atoms. The average Bonchev–Trinajstić information content (AvgIpc) is 2.53. The molecule has 0 aromatic carbocycles. The van der Waals surface area contributed by atoms with E-state index in [1.165, 1.54) is 32.1 Å². The maximum Gasteiger partial charge on any atom is 0.306 e. The number of carbonyl (C=O) groups excluding carboxylic acids is 1. The first kappa shape index (κ1) is 16.3. The first-order valence-corrected chi connectivity index (χ1v) is 8.32. The highest BCUT2D eigenvalue weighted by atomic mass is 16.4. The van der Waals surface area contributed by atoms with Crippen molar-refractivity contribution in [3.63, 3.8) is 0 Å². The first-order valence-electron chi connectivity index (χ1n) is 8.32. The summed E-state index contributed by atoms with van der Waals surface area (Å²) in [6, 6.07) is 0.394. The highest BCUT2D eigenvalue weighted by Crippen LogP contribution is 2.26. The Kier molecular flexibility index (Phi) is 6.03. The maximum atomic E-state index is 12.2. The molecular weight excluding hydrogens is 268 g/mol. The van der Waals surface area contributed by atoms with Crippen LogP contribution in [0.2, 0.25) is 0 Å². The highest BCUT2D eigenvalue weighted by molar-refractivity contribution is 5.79. The molecule has 1 heterocycles. The standard InChI is InChI=1S/C16H28N2O3/c1-12(13-5-3-2-4-6-13)17-11-15(19)18-9-7-14(8-10-18)16(20)21/h12-14,17H,2-11H2,1H3,(H,20,21)/t12-/m0/s1. The Hall–Kier alpha value is -1.10. The molecule has 1 aliphatic carbocycles. The minimum Gasteiger partial charge on any atom is -0.481 e. The maximum absolute atomic E-state index is 12.2. The molecule has 1 aliphatic heterocycles. The molecule has 0 aromatic rings. The van der Waals surface area contributed by atoms with Crippen LogP contribution < -0.4 is 5.32 Å². The minimum atomic E-state index is -0.730. The van der Waals surface area contributed by atoms with Crippen molar-refractivity contribution in [2.45, 2.75) is 57.9 Å². The van der Waals surface area contributed by atoms with Gasteiger partial charge in [-0.1, -0.05) is 19.3 Å². The number of nitrogens with one attached hydrogen (secondary N) is 1. The second-order valence-electron chi connectivity index (χ2n) is 6.56. The molecule has 5 heteroatoms. The van der Waals surface area contributed by atoms with E-state index in [2.05, 4.69) is 12.2 Å². The molecule has 2 aliphatic rings. The number of rotatable bonds is 5. The molecule has 1 atom stereocenters. The summed E-state index contributed by atoms with van der Waals surface area (Å²) in [5, 5.41) is 12.3. The van der Waals surface area contributed by atoms with Crippen molar-refractivity contribution in [1.29, 1.82) is 0 Å².